The minimum atomic E-state index is -0.169. The van der Waals surface area contributed by atoms with E-state index in [-0.39, 0.29) is 11.5 Å². The molecule has 3 rings (SSSR count). The fraction of sp³-hybridized carbons (Fsp3) is 0.111. The lowest BCUT2D eigenvalue weighted by molar-refractivity contribution is 0.102. The summed E-state index contributed by atoms with van der Waals surface area (Å²) in [5, 5.41) is 3.79. The molecule has 4 heteroatoms. The molecule has 1 amide bonds. The SMILES string of the molecule is Cc1cccc(C(=O)Nc2ccc3cc(C)c(=O)[nH]c3c2)c1. The second-order valence-corrected chi connectivity index (χ2v) is 5.41. The first kappa shape index (κ1) is 14.1. The molecule has 2 N–H and O–H groups in total. The number of pyridine rings is 1. The first-order valence-corrected chi connectivity index (χ1v) is 7.04. The van der Waals surface area contributed by atoms with E-state index in [1.807, 2.05) is 43.3 Å². The van der Waals surface area contributed by atoms with Crippen LogP contribution in [0.4, 0.5) is 5.69 Å². The van der Waals surface area contributed by atoms with Gasteiger partial charge in [0, 0.05) is 16.8 Å². The maximum absolute atomic E-state index is 12.2. The Labute approximate surface area is 127 Å². The Balaban J connectivity index is 1.92. The predicted molar refractivity (Wildman–Crippen MR) is 88.4 cm³/mol. The van der Waals surface area contributed by atoms with Crippen molar-refractivity contribution in [2.24, 2.45) is 0 Å². The molecule has 0 saturated heterocycles. The molecule has 0 spiro atoms. The maximum Gasteiger partial charge on any atom is 0.255 e. The predicted octanol–water partition coefficient (Wildman–Crippen LogP) is 3.40. The minimum Gasteiger partial charge on any atom is -0.322 e. The number of hydrogen-bond donors (Lipinski definition) is 2. The van der Waals surface area contributed by atoms with Gasteiger partial charge in [-0.3, -0.25) is 9.59 Å². The number of aromatic amines is 1. The monoisotopic (exact) mass is 292 g/mol. The van der Waals surface area contributed by atoms with Crippen LogP contribution >= 0.6 is 0 Å². The molecule has 1 aromatic heterocycles. The van der Waals surface area contributed by atoms with E-state index < -0.39 is 0 Å². The zero-order chi connectivity index (χ0) is 15.7. The first-order valence-electron chi connectivity index (χ1n) is 7.04. The van der Waals surface area contributed by atoms with Crippen molar-refractivity contribution in [3.8, 4) is 0 Å². The summed E-state index contributed by atoms with van der Waals surface area (Å²) >= 11 is 0. The van der Waals surface area contributed by atoms with E-state index in [2.05, 4.69) is 10.3 Å². The summed E-state index contributed by atoms with van der Waals surface area (Å²) in [5.74, 6) is -0.169. The fourth-order valence-corrected chi connectivity index (χ4v) is 2.38. The number of H-pyrrole nitrogens is 1. The van der Waals surface area contributed by atoms with Crippen LogP contribution in [0.3, 0.4) is 0 Å². The van der Waals surface area contributed by atoms with Crippen molar-refractivity contribution >= 4 is 22.5 Å². The summed E-state index contributed by atoms with van der Waals surface area (Å²) in [7, 11) is 0. The van der Waals surface area contributed by atoms with Crippen molar-refractivity contribution in [3.63, 3.8) is 0 Å². The van der Waals surface area contributed by atoms with Crippen LogP contribution in [0.1, 0.15) is 21.5 Å². The van der Waals surface area contributed by atoms with Crippen LogP contribution in [-0.4, -0.2) is 10.9 Å². The third-order valence-electron chi connectivity index (χ3n) is 3.57. The summed E-state index contributed by atoms with van der Waals surface area (Å²) in [5.41, 5.74) is 3.55. The highest BCUT2D eigenvalue weighted by atomic mass is 16.1. The van der Waals surface area contributed by atoms with Crippen LogP contribution in [0.5, 0.6) is 0 Å². The van der Waals surface area contributed by atoms with E-state index in [4.69, 9.17) is 0 Å². The van der Waals surface area contributed by atoms with Gasteiger partial charge in [0.2, 0.25) is 0 Å². The molecule has 1 heterocycles. The summed E-state index contributed by atoms with van der Waals surface area (Å²) in [6.45, 7) is 3.71. The molecule has 110 valence electrons. The van der Waals surface area contributed by atoms with Crippen molar-refractivity contribution in [1.29, 1.82) is 0 Å². The third kappa shape index (κ3) is 2.76. The number of rotatable bonds is 2. The highest BCUT2D eigenvalue weighted by molar-refractivity contribution is 6.05. The van der Waals surface area contributed by atoms with Gasteiger partial charge in [-0.15, -0.1) is 0 Å². The number of aryl methyl sites for hydroxylation is 2. The Kier molecular flexibility index (Phi) is 3.51. The maximum atomic E-state index is 12.2. The number of hydrogen-bond acceptors (Lipinski definition) is 2. The highest BCUT2D eigenvalue weighted by Crippen LogP contribution is 2.18. The zero-order valence-electron chi connectivity index (χ0n) is 12.4. The number of fused-ring (bicyclic) bond motifs is 1. The number of aromatic nitrogens is 1. The number of carbonyl (C=O) groups excluding carboxylic acids is 1. The largest absolute Gasteiger partial charge is 0.322 e. The molecule has 0 aliphatic rings. The number of anilines is 1. The molecule has 0 radical (unpaired) electrons. The topological polar surface area (TPSA) is 62.0 Å². The van der Waals surface area contributed by atoms with Crippen LogP contribution in [-0.2, 0) is 0 Å². The Hall–Kier alpha value is -2.88. The van der Waals surface area contributed by atoms with Crippen molar-refractivity contribution in [2.45, 2.75) is 13.8 Å². The first-order chi connectivity index (χ1) is 10.5. The lowest BCUT2D eigenvalue weighted by atomic mass is 10.1. The van der Waals surface area contributed by atoms with Crippen LogP contribution in [0.25, 0.3) is 10.9 Å². The van der Waals surface area contributed by atoms with E-state index in [1.54, 1.807) is 19.1 Å². The van der Waals surface area contributed by atoms with E-state index in [0.29, 0.717) is 22.3 Å². The molecule has 0 aliphatic carbocycles. The quantitative estimate of drug-likeness (QED) is 0.760. The van der Waals surface area contributed by atoms with Crippen LogP contribution in [0.15, 0.2) is 53.3 Å². The molecule has 0 unspecified atom stereocenters. The average Bonchev–Trinajstić information content (AvgIpc) is 2.49. The molecule has 0 atom stereocenters. The number of amides is 1. The summed E-state index contributed by atoms with van der Waals surface area (Å²) in [6.07, 6.45) is 0. The van der Waals surface area contributed by atoms with Crippen LogP contribution in [0, 0.1) is 13.8 Å². The molecular weight excluding hydrogens is 276 g/mol. The molecule has 2 aromatic carbocycles. The average molecular weight is 292 g/mol. The molecule has 0 fully saturated rings. The van der Waals surface area contributed by atoms with Crippen molar-refractivity contribution in [2.75, 3.05) is 5.32 Å². The van der Waals surface area contributed by atoms with Gasteiger partial charge < -0.3 is 10.3 Å². The number of nitrogens with one attached hydrogen (secondary N) is 2. The number of benzene rings is 2. The molecule has 4 nitrogen and oxygen atoms in total. The molecule has 3 aromatic rings. The van der Waals surface area contributed by atoms with Gasteiger partial charge in [-0.2, -0.15) is 0 Å². The van der Waals surface area contributed by atoms with Crippen molar-refractivity contribution < 1.29 is 4.79 Å². The molecule has 22 heavy (non-hydrogen) atoms. The molecule has 0 aliphatic heterocycles. The van der Waals surface area contributed by atoms with E-state index in [0.717, 1.165) is 10.9 Å². The van der Waals surface area contributed by atoms with Gasteiger partial charge >= 0.3 is 0 Å². The lowest BCUT2D eigenvalue weighted by Crippen LogP contribution is -2.12. The molecule has 0 bridgehead atoms. The Morgan fingerprint density at radius 3 is 2.64 bits per heavy atom. The third-order valence-corrected chi connectivity index (χ3v) is 3.57. The fourth-order valence-electron chi connectivity index (χ4n) is 2.38. The Bertz CT molecular complexity index is 926. The molecule has 0 saturated carbocycles. The van der Waals surface area contributed by atoms with Gasteiger partial charge in [0.05, 0.1) is 5.52 Å². The second kappa shape index (κ2) is 5.48. The second-order valence-electron chi connectivity index (χ2n) is 5.41. The van der Waals surface area contributed by atoms with Gasteiger partial charge in [0.15, 0.2) is 0 Å². The summed E-state index contributed by atoms with van der Waals surface area (Å²) in [6, 6.07) is 14.7. The zero-order valence-corrected chi connectivity index (χ0v) is 12.4. The van der Waals surface area contributed by atoms with Gasteiger partial charge in [-0.25, -0.2) is 0 Å². The highest BCUT2D eigenvalue weighted by Gasteiger charge is 2.07. The van der Waals surface area contributed by atoms with Gasteiger partial charge in [0.1, 0.15) is 0 Å². The van der Waals surface area contributed by atoms with E-state index >= 15 is 0 Å². The Morgan fingerprint density at radius 1 is 1.05 bits per heavy atom. The standard InChI is InChI=1S/C18H16N2O2/c1-11-4-3-5-14(8-11)18(22)19-15-7-6-13-9-12(2)17(21)20-16(13)10-15/h3-10H,1-2H3,(H,19,22)(H,20,21). The van der Waals surface area contributed by atoms with Crippen molar-refractivity contribution in [1.82, 2.24) is 4.98 Å². The van der Waals surface area contributed by atoms with E-state index in [1.165, 1.54) is 0 Å². The van der Waals surface area contributed by atoms with Crippen LogP contribution < -0.4 is 10.9 Å². The smallest absolute Gasteiger partial charge is 0.255 e. The van der Waals surface area contributed by atoms with E-state index in [9.17, 15) is 9.59 Å². The van der Waals surface area contributed by atoms with Gasteiger partial charge in [0.25, 0.3) is 11.5 Å². The normalized spacial score (nSPS) is 10.6. The van der Waals surface area contributed by atoms with Gasteiger partial charge in [-0.1, -0.05) is 23.8 Å². The lowest BCUT2D eigenvalue weighted by Gasteiger charge is -2.07. The summed E-state index contributed by atoms with van der Waals surface area (Å²) in [4.78, 5) is 26.7. The Morgan fingerprint density at radius 2 is 1.86 bits per heavy atom. The van der Waals surface area contributed by atoms with Gasteiger partial charge in [-0.05, 0) is 49.6 Å². The minimum absolute atomic E-state index is 0.116. The molecular formula is C18H16N2O2. The van der Waals surface area contributed by atoms with Crippen LogP contribution in [0.2, 0.25) is 0 Å². The number of carbonyl (C=O) groups is 1. The van der Waals surface area contributed by atoms with Crippen molar-refractivity contribution in [3.05, 3.63) is 75.6 Å². The summed E-state index contributed by atoms with van der Waals surface area (Å²) < 4.78 is 0.